The highest BCUT2D eigenvalue weighted by molar-refractivity contribution is 7.10. The second-order valence-corrected chi connectivity index (χ2v) is 6.82. The molecule has 1 aliphatic rings. The van der Waals surface area contributed by atoms with Crippen molar-refractivity contribution >= 4 is 23.2 Å². The van der Waals surface area contributed by atoms with Crippen LogP contribution < -0.4 is 5.32 Å². The molecule has 2 rings (SSSR count). The number of carbonyl (C=O) groups excluding carboxylic acids is 2. The first-order valence-electron chi connectivity index (χ1n) is 7.63. The first-order chi connectivity index (χ1) is 10.0. The Morgan fingerprint density at radius 1 is 1.48 bits per heavy atom. The van der Waals surface area contributed by atoms with Crippen LogP contribution in [0, 0.1) is 12.8 Å². The third kappa shape index (κ3) is 3.84. The molecule has 0 aromatic carbocycles. The zero-order chi connectivity index (χ0) is 15.4. The Bertz CT molecular complexity index is 524. The van der Waals surface area contributed by atoms with E-state index in [4.69, 9.17) is 0 Å². The SMILES string of the molecule is CCc1c(C(=O)N2CCC[C@@H](CNC(C)=O)C2)csc1C. The maximum absolute atomic E-state index is 12.7. The van der Waals surface area contributed by atoms with Crippen LogP contribution in [0.3, 0.4) is 0 Å². The van der Waals surface area contributed by atoms with Gasteiger partial charge in [-0.25, -0.2) is 0 Å². The molecule has 116 valence electrons. The molecule has 1 fully saturated rings. The van der Waals surface area contributed by atoms with E-state index in [1.807, 2.05) is 10.3 Å². The Morgan fingerprint density at radius 3 is 2.90 bits per heavy atom. The summed E-state index contributed by atoms with van der Waals surface area (Å²) in [5, 5.41) is 4.86. The number of likely N-dealkylation sites (tertiary alicyclic amines) is 1. The minimum atomic E-state index is 0.000165. The van der Waals surface area contributed by atoms with E-state index in [2.05, 4.69) is 19.2 Å². The predicted molar refractivity (Wildman–Crippen MR) is 85.7 cm³/mol. The summed E-state index contributed by atoms with van der Waals surface area (Å²) in [5.74, 6) is 0.528. The highest BCUT2D eigenvalue weighted by atomic mass is 32.1. The van der Waals surface area contributed by atoms with Crippen molar-refractivity contribution in [1.82, 2.24) is 10.2 Å². The summed E-state index contributed by atoms with van der Waals surface area (Å²) in [6.07, 6.45) is 2.99. The summed E-state index contributed by atoms with van der Waals surface area (Å²) >= 11 is 1.66. The van der Waals surface area contributed by atoms with Crippen LogP contribution >= 0.6 is 11.3 Å². The smallest absolute Gasteiger partial charge is 0.254 e. The number of amides is 2. The first kappa shape index (κ1) is 16.0. The molecule has 0 unspecified atom stereocenters. The molecule has 4 nitrogen and oxygen atoms in total. The lowest BCUT2D eigenvalue weighted by molar-refractivity contribution is -0.119. The van der Waals surface area contributed by atoms with Gasteiger partial charge in [0.2, 0.25) is 5.91 Å². The van der Waals surface area contributed by atoms with Crippen LogP contribution in [0.1, 0.15) is 47.5 Å². The van der Waals surface area contributed by atoms with Crippen LogP contribution in [0.15, 0.2) is 5.38 Å². The molecule has 1 aromatic rings. The summed E-state index contributed by atoms with van der Waals surface area (Å²) in [7, 11) is 0. The van der Waals surface area contributed by atoms with Crippen molar-refractivity contribution in [2.75, 3.05) is 19.6 Å². The number of piperidine rings is 1. The normalized spacial score (nSPS) is 18.6. The number of nitrogens with one attached hydrogen (secondary N) is 1. The fraction of sp³-hybridized carbons (Fsp3) is 0.625. The third-order valence-electron chi connectivity index (χ3n) is 4.13. The molecule has 2 heterocycles. The minimum absolute atomic E-state index is 0.000165. The zero-order valence-corrected chi connectivity index (χ0v) is 13.9. The van der Waals surface area contributed by atoms with Gasteiger partial charge in [-0.3, -0.25) is 9.59 Å². The second kappa shape index (κ2) is 7.07. The largest absolute Gasteiger partial charge is 0.356 e. The maximum Gasteiger partial charge on any atom is 0.254 e. The Hall–Kier alpha value is -1.36. The van der Waals surface area contributed by atoms with Gasteiger partial charge in [-0.2, -0.15) is 0 Å². The lowest BCUT2D eigenvalue weighted by atomic mass is 9.97. The van der Waals surface area contributed by atoms with Crippen LogP contribution in [0.25, 0.3) is 0 Å². The van der Waals surface area contributed by atoms with Crippen molar-refractivity contribution in [3.05, 3.63) is 21.4 Å². The molecule has 1 saturated heterocycles. The van der Waals surface area contributed by atoms with Gasteiger partial charge >= 0.3 is 0 Å². The first-order valence-corrected chi connectivity index (χ1v) is 8.51. The lowest BCUT2D eigenvalue weighted by Gasteiger charge is -2.33. The van der Waals surface area contributed by atoms with Crippen molar-refractivity contribution in [3.8, 4) is 0 Å². The van der Waals surface area contributed by atoms with E-state index in [9.17, 15) is 9.59 Å². The number of carbonyl (C=O) groups is 2. The Labute approximate surface area is 130 Å². The van der Waals surface area contributed by atoms with Crippen LogP contribution in [0.4, 0.5) is 0 Å². The van der Waals surface area contributed by atoms with Crippen molar-refractivity contribution in [2.45, 2.75) is 40.0 Å². The Kier molecular flexibility index (Phi) is 5.39. The van der Waals surface area contributed by atoms with Gasteiger partial charge in [0.15, 0.2) is 0 Å². The number of rotatable bonds is 4. The maximum atomic E-state index is 12.7. The van der Waals surface area contributed by atoms with Crippen molar-refractivity contribution < 1.29 is 9.59 Å². The summed E-state index contributed by atoms with van der Waals surface area (Å²) < 4.78 is 0. The second-order valence-electron chi connectivity index (χ2n) is 5.73. The highest BCUT2D eigenvalue weighted by Gasteiger charge is 2.26. The summed E-state index contributed by atoms with van der Waals surface area (Å²) in [5.41, 5.74) is 2.06. The molecule has 2 amide bonds. The average molecular weight is 308 g/mol. The quantitative estimate of drug-likeness (QED) is 0.929. The molecule has 0 radical (unpaired) electrons. The minimum Gasteiger partial charge on any atom is -0.356 e. The molecule has 1 aromatic heterocycles. The van der Waals surface area contributed by atoms with E-state index in [0.717, 1.165) is 37.9 Å². The molecule has 0 spiro atoms. The molecule has 5 heteroatoms. The molecule has 0 bridgehead atoms. The predicted octanol–water partition coefficient (Wildman–Crippen LogP) is 2.61. The molecular weight excluding hydrogens is 284 g/mol. The number of nitrogens with zero attached hydrogens (tertiary/aromatic N) is 1. The number of hydrogen-bond acceptors (Lipinski definition) is 3. The van der Waals surface area contributed by atoms with Crippen LogP contribution in [0.5, 0.6) is 0 Å². The van der Waals surface area contributed by atoms with Gasteiger partial charge in [0.1, 0.15) is 0 Å². The highest BCUT2D eigenvalue weighted by Crippen LogP contribution is 2.25. The van der Waals surface area contributed by atoms with E-state index in [-0.39, 0.29) is 11.8 Å². The van der Waals surface area contributed by atoms with Crippen LogP contribution in [-0.2, 0) is 11.2 Å². The van der Waals surface area contributed by atoms with E-state index in [1.165, 1.54) is 17.4 Å². The number of hydrogen-bond donors (Lipinski definition) is 1. The van der Waals surface area contributed by atoms with Crippen LogP contribution in [0.2, 0.25) is 0 Å². The van der Waals surface area contributed by atoms with Gasteiger partial charge in [0, 0.05) is 36.8 Å². The molecule has 1 aliphatic heterocycles. The van der Waals surface area contributed by atoms with Gasteiger partial charge in [-0.15, -0.1) is 11.3 Å². The molecule has 21 heavy (non-hydrogen) atoms. The monoisotopic (exact) mass is 308 g/mol. The van der Waals surface area contributed by atoms with Gasteiger partial charge in [0.25, 0.3) is 5.91 Å². The Balaban J connectivity index is 2.03. The van der Waals surface area contributed by atoms with Gasteiger partial charge in [-0.1, -0.05) is 6.92 Å². The molecular formula is C16H24N2O2S. The van der Waals surface area contributed by atoms with Gasteiger partial charge < -0.3 is 10.2 Å². The van der Waals surface area contributed by atoms with Gasteiger partial charge in [-0.05, 0) is 37.7 Å². The molecule has 0 saturated carbocycles. The van der Waals surface area contributed by atoms with E-state index in [0.29, 0.717) is 12.5 Å². The van der Waals surface area contributed by atoms with E-state index in [1.54, 1.807) is 11.3 Å². The standard InChI is InChI=1S/C16H24N2O2S/c1-4-14-11(2)21-10-15(14)16(20)18-7-5-6-13(9-18)8-17-12(3)19/h10,13H,4-9H2,1-3H3,(H,17,19)/t13-/m0/s1. The Morgan fingerprint density at radius 2 is 2.24 bits per heavy atom. The van der Waals surface area contributed by atoms with Crippen molar-refractivity contribution in [1.29, 1.82) is 0 Å². The third-order valence-corrected chi connectivity index (χ3v) is 5.09. The lowest BCUT2D eigenvalue weighted by Crippen LogP contribution is -2.43. The van der Waals surface area contributed by atoms with Crippen molar-refractivity contribution in [2.24, 2.45) is 5.92 Å². The number of thiophene rings is 1. The average Bonchev–Trinajstić information content (AvgIpc) is 2.85. The summed E-state index contributed by atoms with van der Waals surface area (Å²) in [4.78, 5) is 26.9. The fourth-order valence-electron chi connectivity index (χ4n) is 2.97. The van der Waals surface area contributed by atoms with Gasteiger partial charge in [0.05, 0.1) is 5.56 Å². The van der Waals surface area contributed by atoms with E-state index < -0.39 is 0 Å². The summed E-state index contributed by atoms with van der Waals surface area (Å²) in [6.45, 7) is 7.96. The number of aryl methyl sites for hydroxylation is 1. The summed E-state index contributed by atoms with van der Waals surface area (Å²) in [6, 6.07) is 0. The topological polar surface area (TPSA) is 49.4 Å². The molecule has 1 atom stereocenters. The fourth-order valence-corrected chi connectivity index (χ4v) is 3.91. The zero-order valence-electron chi connectivity index (χ0n) is 13.1. The van der Waals surface area contributed by atoms with Crippen LogP contribution in [-0.4, -0.2) is 36.3 Å². The molecule has 1 N–H and O–H groups in total. The van der Waals surface area contributed by atoms with Crippen molar-refractivity contribution in [3.63, 3.8) is 0 Å². The molecule has 0 aliphatic carbocycles. The van der Waals surface area contributed by atoms with E-state index >= 15 is 0 Å².